The molecule has 0 fully saturated rings. The van der Waals surface area contributed by atoms with Crippen LogP contribution < -0.4 is 10.1 Å². The van der Waals surface area contributed by atoms with Crippen LogP contribution in [0, 0.1) is 0 Å². The highest BCUT2D eigenvalue weighted by molar-refractivity contribution is 9.10. The van der Waals surface area contributed by atoms with Crippen LogP contribution in [0.25, 0.3) is 0 Å². The van der Waals surface area contributed by atoms with E-state index in [2.05, 4.69) is 21.2 Å². The monoisotopic (exact) mass is 407 g/mol. The number of hydrogen-bond donors (Lipinski definition) is 1. The lowest BCUT2D eigenvalue weighted by Gasteiger charge is -2.10. The molecule has 2 aromatic carbocycles. The van der Waals surface area contributed by atoms with Crippen LogP contribution in [0.2, 0.25) is 15.1 Å². The fraction of sp³-hybridized carbons (Fsp3) is 0.0714. The van der Waals surface area contributed by atoms with Gasteiger partial charge in [0.25, 0.3) is 5.91 Å². The first-order valence-corrected chi connectivity index (χ1v) is 7.71. The van der Waals surface area contributed by atoms with E-state index in [-0.39, 0.29) is 12.5 Å². The number of carbonyl (C=O) groups excluding carboxylic acids is 1. The fourth-order valence-electron chi connectivity index (χ4n) is 1.52. The summed E-state index contributed by atoms with van der Waals surface area (Å²) in [6, 6.07) is 9.85. The van der Waals surface area contributed by atoms with Crippen LogP contribution in [0.5, 0.6) is 5.75 Å². The molecule has 1 amide bonds. The first-order chi connectivity index (χ1) is 9.95. The zero-order valence-electron chi connectivity index (χ0n) is 10.5. The van der Waals surface area contributed by atoms with E-state index in [1.54, 1.807) is 36.4 Å². The Morgan fingerprint density at radius 1 is 1.10 bits per heavy atom. The molecule has 0 radical (unpaired) electrons. The second-order valence-electron chi connectivity index (χ2n) is 4.04. The third kappa shape index (κ3) is 4.78. The van der Waals surface area contributed by atoms with Gasteiger partial charge in [0, 0.05) is 10.0 Å². The SMILES string of the molecule is O=C(COc1ccc(Cl)cc1Br)Nc1cc(Cl)ccc1Cl. The zero-order chi connectivity index (χ0) is 15.4. The van der Waals surface area contributed by atoms with E-state index in [1.165, 1.54) is 0 Å². The average molecular weight is 409 g/mol. The van der Waals surface area contributed by atoms with Gasteiger partial charge in [-0.3, -0.25) is 4.79 Å². The lowest BCUT2D eigenvalue weighted by molar-refractivity contribution is -0.118. The van der Waals surface area contributed by atoms with Crippen LogP contribution >= 0.6 is 50.7 Å². The van der Waals surface area contributed by atoms with Gasteiger partial charge in [-0.1, -0.05) is 34.8 Å². The minimum atomic E-state index is -0.346. The van der Waals surface area contributed by atoms with E-state index >= 15 is 0 Å². The minimum absolute atomic E-state index is 0.164. The van der Waals surface area contributed by atoms with Crippen LogP contribution in [0.15, 0.2) is 40.9 Å². The molecule has 2 aromatic rings. The largest absolute Gasteiger partial charge is 0.483 e. The average Bonchev–Trinajstić information content (AvgIpc) is 2.42. The first kappa shape index (κ1) is 16.4. The molecule has 0 aliphatic rings. The van der Waals surface area contributed by atoms with Gasteiger partial charge in [-0.2, -0.15) is 0 Å². The number of nitrogens with one attached hydrogen (secondary N) is 1. The van der Waals surface area contributed by atoms with E-state index < -0.39 is 0 Å². The van der Waals surface area contributed by atoms with Crippen LogP contribution in [0.1, 0.15) is 0 Å². The molecule has 0 saturated carbocycles. The summed E-state index contributed by atoms with van der Waals surface area (Å²) in [4.78, 5) is 11.8. The quantitative estimate of drug-likeness (QED) is 0.732. The molecule has 0 unspecified atom stereocenters. The first-order valence-electron chi connectivity index (χ1n) is 5.78. The van der Waals surface area contributed by atoms with Gasteiger partial charge in [-0.15, -0.1) is 0 Å². The van der Waals surface area contributed by atoms with Crippen molar-refractivity contribution in [1.29, 1.82) is 0 Å². The molecule has 2 rings (SSSR count). The molecule has 0 saturated heterocycles. The number of halogens is 4. The molecular formula is C14H9BrCl3NO2. The normalized spacial score (nSPS) is 10.3. The van der Waals surface area contributed by atoms with Gasteiger partial charge >= 0.3 is 0 Å². The third-order valence-electron chi connectivity index (χ3n) is 2.46. The van der Waals surface area contributed by atoms with Crippen molar-refractivity contribution < 1.29 is 9.53 Å². The van der Waals surface area contributed by atoms with Crippen LogP contribution in [0.4, 0.5) is 5.69 Å². The molecule has 21 heavy (non-hydrogen) atoms. The lowest BCUT2D eigenvalue weighted by atomic mass is 10.3. The van der Waals surface area contributed by atoms with E-state index in [1.807, 2.05) is 0 Å². The third-order valence-corrected chi connectivity index (χ3v) is 3.87. The van der Waals surface area contributed by atoms with Crippen molar-refractivity contribution in [2.24, 2.45) is 0 Å². The van der Waals surface area contributed by atoms with E-state index in [4.69, 9.17) is 39.5 Å². The maximum Gasteiger partial charge on any atom is 0.262 e. The Kier molecular flexibility index (Phi) is 5.76. The molecule has 0 spiro atoms. The number of benzene rings is 2. The van der Waals surface area contributed by atoms with Gasteiger partial charge in [-0.25, -0.2) is 0 Å². The summed E-state index contributed by atoms with van der Waals surface area (Å²) < 4.78 is 6.07. The molecular weight excluding hydrogens is 400 g/mol. The molecule has 1 N–H and O–H groups in total. The Labute approximate surface area is 145 Å². The summed E-state index contributed by atoms with van der Waals surface area (Å²) in [5.41, 5.74) is 0.438. The topological polar surface area (TPSA) is 38.3 Å². The highest BCUT2D eigenvalue weighted by Crippen LogP contribution is 2.28. The fourth-order valence-corrected chi connectivity index (χ4v) is 2.65. The predicted octanol–water partition coefficient (Wildman–Crippen LogP) is 5.43. The molecule has 0 aromatic heterocycles. The van der Waals surface area contributed by atoms with Crippen LogP contribution in [-0.2, 0) is 4.79 Å². The van der Waals surface area contributed by atoms with Crippen molar-refractivity contribution in [3.8, 4) is 5.75 Å². The molecule has 7 heteroatoms. The molecule has 3 nitrogen and oxygen atoms in total. The van der Waals surface area contributed by atoms with Gasteiger partial charge in [-0.05, 0) is 52.3 Å². The Morgan fingerprint density at radius 2 is 1.76 bits per heavy atom. The molecule has 0 heterocycles. The van der Waals surface area contributed by atoms with Gasteiger partial charge < -0.3 is 10.1 Å². The molecule has 110 valence electrons. The van der Waals surface area contributed by atoms with Crippen molar-refractivity contribution >= 4 is 62.3 Å². The summed E-state index contributed by atoms with van der Waals surface area (Å²) in [6.45, 7) is -0.164. The van der Waals surface area contributed by atoms with Gasteiger partial charge in [0.2, 0.25) is 0 Å². The number of rotatable bonds is 4. The number of hydrogen-bond acceptors (Lipinski definition) is 2. The van der Waals surface area contributed by atoms with Gasteiger partial charge in [0.1, 0.15) is 5.75 Å². The van der Waals surface area contributed by atoms with Gasteiger partial charge in [0.05, 0.1) is 15.2 Å². The lowest BCUT2D eigenvalue weighted by Crippen LogP contribution is -2.20. The summed E-state index contributed by atoms with van der Waals surface area (Å²) in [7, 11) is 0. The van der Waals surface area contributed by atoms with Crippen molar-refractivity contribution in [3.05, 3.63) is 55.9 Å². The Bertz CT molecular complexity index is 679. The van der Waals surface area contributed by atoms with E-state index in [0.29, 0.717) is 31.0 Å². The summed E-state index contributed by atoms with van der Waals surface area (Å²) >= 11 is 20.9. The molecule has 0 bridgehead atoms. The van der Waals surface area contributed by atoms with E-state index in [9.17, 15) is 4.79 Å². The standard InChI is InChI=1S/C14H9BrCl3NO2/c15-10-5-8(16)2-4-13(10)21-7-14(20)19-12-6-9(17)1-3-11(12)18/h1-6H,7H2,(H,19,20). The molecule has 0 atom stereocenters. The minimum Gasteiger partial charge on any atom is -0.483 e. The molecule has 0 aliphatic heterocycles. The Balaban J connectivity index is 1.97. The zero-order valence-corrected chi connectivity index (χ0v) is 14.4. The number of anilines is 1. The van der Waals surface area contributed by atoms with Crippen molar-refractivity contribution in [1.82, 2.24) is 0 Å². The van der Waals surface area contributed by atoms with Gasteiger partial charge in [0.15, 0.2) is 6.61 Å². The second kappa shape index (κ2) is 7.36. The van der Waals surface area contributed by atoms with Crippen molar-refractivity contribution in [2.75, 3.05) is 11.9 Å². The van der Waals surface area contributed by atoms with Crippen LogP contribution in [-0.4, -0.2) is 12.5 Å². The maximum atomic E-state index is 11.8. The maximum absolute atomic E-state index is 11.8. The Morgan fingerprint density at radius 3 is 2.48 bits per heavy atom. The molecule has 0 aliphatic carbocycles. The second-order valence-corrected chi connectivity index (χ2v) is 6.17. The van der Waals surface area contributed by atoms with E-state index in [0.717, 1.165) is 0 Å². The highest BCUT2D eigenvalue weighted by atomic mass is 79.9. The summed E-state index contributed by atoms with van der Waals surface area (Å²) in [5.74, 6) is 0.174. The number of ether oxygens (including phenoxy) is 1. The van der Waals surface area contributed by atoms with Crippen molar-refractivity contribution in [2.45, 2.75) is 0 Å². The highest BCUT2D eigenvalue weighted by Gasteiger charge is 2.09. The van der Waals surface area contributed by atoms with Crippen molar-refractivity contribution in [3.63, 3.8) is 0 Å². The number of amides is 1. The Hall–Kier alpha value is -0.940. The van der Waals surface area contributed by atoms with Crippen LogP contribution in [0.3, 0.4) is 0 Å². The summed E-state index contributed by atoms with van der Waals surface area (Å²) in [5, 5.41) is 4.09. The number of carbonyl (C=O) groups is 1. The smallest absolute Gasteiger partial charge is 0.262 e. The summed E-state index contributed by atoms with van der Waals surface area (Å²) in [6.07, 6.45) is 0. The predicted molar refractivity (Wildman–Crippen MR) is 89.7 cm³/mol.